The highest BCUT2D eigenvalue weighted by atomic mass is 16.1. The molecule has 0 aromatic heterocycles. The van der Waals surface area contributed by atoms with Crippen molar-refractivity contribution in [3.8, 4) is 11.1 Å². The van der Waals surface area contributed by atoms with Crippen LogP contribution in [-0.2, 0) is 4.79 Å². The third kappa shape index (κ3) is 2.72. The number of nitrogens with one attached hydrogen (secondary N) is 1. The highest BCUT2D eigenvalue weighted by Gasteiger charge is 2.06. The van der Waals surface area contributed by atoms with Gasteiger partial charge >= 0.3 is 0 Å². The van der Waals surface area contributed by atoms with Gasteiger partial charge < -0.3 is 5.32 Å². The predicted molar refractivity (Wildman–Crippen MR) is 70.9 cm³/mol. The van der Waals surface area contributed by atoms with Crippen LogP contribution in [0, 0.1) is 6.92 Å². The molecular weight excluding hydrogens is 210 g/mol. The average Bonchev–Trinajstić information content (AvgIpc) is 2.29. The third-order valence-corrected chi connectivity index (χ3v) is 2.57. The van der Waals surface area contributed by atoms with Crippen LogP contribution in [0.25, 0.3) is 11.1 Å². The van der Waals surface area contributed by atoms with E-state index in [0.717, 1.165) is 22.4 Å². The van der Waals surface area contributed by atoms with Gasteiger partial charge in [0.25, 0.3) is 0 Å². The number of benzene rings is 2. The molecule has 0 radical (unpaired) electrons. The van der Waals surface area contributed by atoms with Gasteiger partial charge in [-0.05, 0) is 24.1 Å². The normalized spacial score (nSPS) is 10.0. The van der Waals surface area contributed by atoms with E-state index in [-0.39, 0.29) is 5.91 Å². The fraction of sp³-hybridized carbons (Fsp3) is 0.133. The summed E-state index contributed by atoms with van der Waals surface area (Å²) >= 11 is 0. The number of rotatable bonds is 2. The molecule has 2 heteroatoms. The Bertz CT molecular complexity index is 532. The number of carbonyl (C=O) groups excluding carboxylic acids is 1. The number of hydrogen-bond donors (Lipinski definition) is 1. The second-order valence-corrected chi connectivity index (χ2v) is 4.10. The van der Waals surface area contributed by atoms with Crippen molar-refractivity contribution in [3.63, 3.8) is 0 Å². The van der Waals surface area contributed by atoms with Crippen LogP contribution in [0.2, 0.25) is 0 Å². The van der Waals surface area contributed by atoms with Crippen LogP contribution in [0.3, 0.4) is 0 Å². The van der Waals surface area contributed by atoms with Gasteiger partial charge in [0.1, 0.15) is 0 Å². The fourth-order valence-electron chi connectivity index (χ4n) is 1.82. The maximum absolute atomic E-state index is 11.2. The Morgan fingerprint density at radius 1 is 1.06 bits per heavy atom. The van der Waals surface area contributed by atoms with E-state index >= 15 is 0 Å². The highest BCUT2D eigenvalue weighted by Crippen LogP contribution is 2.28. The minimum Gasteiger partial charge on any atom is -0.326 e. The molecule has 86 valence electrons. The van der Waals surface area contributed by atoms with Crippen molar-refractivity contribution in [3.05, 3.63) is 54.1 Å². The molecule has 0 atom stereocenters. The first-order chi connectivity index (χ1) is 8.16. The van der Waals surface area contributed by atoms with Crippen molar-refractivity contribution in [2.45, 2.75) is 13.8 Å². The Hall–Kier alpha value is -2.09. The number of hydrogen-bond acceptors (Lipinski definition) is 1. The molecule has 0 fully saturated rings. The lowest BCUT2D eigenvalue weighted by Crippen LogP contribution is -2.07. The lowest BCUT2D eigenvalue weighted by atomic mass is 10.0. The third-order valence-electron chi connectivity index (χ3n) is 2.57. The molecular formula is C15H15NO. The van der Waals surface area contributed by atoms with Crippen LogP contribution < -0.4 is 5.32 Å². The van der Waals surface area contributed by atoms with Crippen LogP contribution >= 0.6 is 0 Å². The summed E-state index contributed by atoms with van der Waals surface area (Å²) in [6, 6.07) is 16.1. The molecule has 17 heavy (non-hydrogen) atoms. The molecule has 0 aliphatic rings. The first-order valence-electron chi connectivity index (χ1n) is 5.60. The fourth-order valence-corrected chi connectivity index (χ4v) is 1.82. The number of amides is 1. The Balaban J connectivity index is 2.50. The topological polar surface area (TPSA) is 29.1 Å². The quantitative estimate of drug-likeness (QED) is 0.831. The molecule has 0 saturated heterocycles. The molecule has 0 heterocycles. The first kappa shape index (κ1) is 11.4. The first-order valence-corrected chi connectivity index (χ1v) is 5.60. The molecule has 0 aliphatic carbocycles. The van der Waals surface area contributed by atoms with Gasteiger partial charge in [-0.25, -0.2) is 0 Å². The Kier molecular flexibility index (Phi) is 3.24. The van der Waals surface area contributed by atoms with Crippen molar-refractivity contribution in [1.29, 1.82) is 0 Å². The van der Waals surface area contributed by atoms with Crippen molar-refractivity contribution in [2.24, 2.45) is 0 Å². The largest absolute Gasteiger partial charge is 0.326 e. The van der Waals surface area contributed by atoms with Gasteiger partial charge in [0.05, 0.1) is 0 Å². The molecule has 1 N–H and O–H groups in total. The van der Waals surface area contributed by atoms with Crippen LogP contribution in [0.4, 0.5) is 5.69 Å². The van der Waals surface area contributed by atoms with Gasteiger partial charge in [0.15, 0.2) is 0 Å². The Morgan fingerprint density at radius 3 is 2.41 bits per heavy atom. The van der Waals surface area contributed by atoms with E-state index < -0.39 is 0 Å². The van der Waals surface area contributed by atoms with Gasteiger partial charge in [0, 0.05) is 18.2 Å². The second kappa shape index (κ2) is 4.83. The minimum absolute atomic E-state index is 0.0484. The van der Waals surface area contributed by atoms with E-state index in [9.17, 15) is 4.79 Å². The molecule has 0 saturated carbocycles. The van der Waals surface area contributed by atoms with Crippen molar-refractivity contribution < 1.29 is 4.79 Å². The van der Waals surface area contributed by atoms with Crippen LogP contribution in [0.1, 0.15) is 12.5 Å². The van der Waals surface area contributed by atoms with Crippen LogP contribution in [0.15, 0.2) is 48.5 Å². The molecule has 0 aliphatic heterocycles. The zero-order valence-electron chi connectivity index (χ0n) is 10.0. The summed E-state index contributed by atoms with van der Waals surface area (Å²) in [5.41, 5.74) is 4.15. The number of aryl methyl sites for hydroxylation is 1. The van der Waals surface area contributed by atoms with E-state index in [1.807, 2.05) is 55.5 Å². The summed E-state index contributed by atoms with van der Waals surface area (Å²) in [5.74, 6) is -0.0484. The lowest BCUT2D eigenvalue weighted by molar-refractivity contribution is -0.114. The molecule has 0 unspecified atom stereocenters. The minimum atomic E-state index is -0.0484. The van der Waals surface area contributed by atoms with Gasteiger partial charge in [-0.15, -0.1) is 0 Å². The summed E-state index contributed by atoms with van der Waals surface area (Å²) in [7, 11) is 0. The van der Waals surface area contributed by atoms with Crippen molar-refractivity contribution >= 4 is 11.6 Å². The lowest BCUT2D eigenvalue weighted by Gasteiger charge is -2.11. The van der Waals surface area contributed by atoms with E-state index in [4.69, 9.17) is 0 Å². The molecule has 2 rings (SSSR count). The van der Waals surface area contributed by atoms with E-state index in [1.54, 1.807) is 0 Å². The van der Waals surface area contributed by atoms with E-state index in [1.165, 1.54) is 6.92 Å². The maximum atomic E-state index is 11.2. The zero-order chi connectivity index (χ0) is 12.3. The summed E-state index contributed by atoms with van der Waals surface area (Å²) in [6.45, 7) is 3.54. The molecule has 1 amide bonds. The standard InChI is InChI=1S/C15H15NO/c1-11-8-9-14(13-6-4-3-5-7-13)15(10-11)16-12(2)17/h3-10H,1-2H3,(H,16,17). The molecule has 2 aromatic carbocycles. The van der Waals surface area contributed by atoms with Gasteiger partial charge in [-0.3, -0.25) is 4.79 Å². The highest BCUT2D eigenvalue weighted by molar-refractivity contribution is 5.94. The predicted octanol–water partition coefficient (Wildman–Crippen LogP) is 3.62. The average molecular weight is 225 g/mol. The van der Waals surface area contributed by atoms with Gasteiger partial charge in [-0.1, -0.05) is 42.5 Å². The van der Waals surface area contributed by atoms with Gasteiger partial charge in [0.2, 0.25) is 5.91 Å². The smallest absolute Gasteiger partial charge is 0.221 e. The molecule has 2 nitrogen and oxygen atoms in total. The Labute approximate surface area is 101 Å². The number of carbonyl (C=O) groups is 1. The summed E-state index contributed by atoms with van der Waals surface area (Å²) in [4.78, 5) is 11.2. The summed E-state index contributed by atoms with van der Waals surface area (Å²) in [6.07, 6.45) is 0. The second-order valence-electron chi connectivity index (χ2n) is 4.10. The van der Waals surface area contributed by atoms with Crippen molar-refractivity contribution in [1.82, 2.24) is 0 Å². The molecule has 0 bridgehead atoms. The number of anilines is 1. The molecule has 2 aromatic rings. The zero-order valence-corrected chi connectivity index (χ0v) is 10.0. The van der Waals surface area contributed by atoms with E-state index in [2.05, 4.69) is 5.32 Å². The van der Waals surface area contributed by atoms with Crippen LogP contribution in [-0.4, -0.2) is 5.91 Å². The Morgan fingerprint density at radius 2 is 1.76 bits per heavy atom. The van der Waals surface area contributed by atoms with Gasteiger partial charge in [-0.2, -0.15) is 0 Å². The van der Waals surface area contributed by atoms with Crippen molar-refractivity contribution in [2.75, 3.05) is 5.32 Å². The summed E-state index contributed by atoms with van der Waals surface area (Å²) in [5, 5.41) is 2.87. The van der Waals surface area contributed by atoms with E-state index in [0.29, 0.717) is 0 Å². The summed E-state index contributed by atoms with van der Waals surface area (Å²) < 4.78 is 0. The SMILES string of the molecule is CC(=O)Nc1cc(C)ccc1-c1ccccc1. The van der Waals surface area contributed by atoms with Crippen LogP contribution in [0.5, 0.6) is 0 Å². The maximum Gasteiger partial charge on any atom is 0.221 e. The monoisotopic (exact) mass is 225 g/mol. The molecule has 0 spiro atoms.